The minimum atomic E-state index is -0.262. The van der Waals surface area contributed by atoms with Gasteiger partial charge in [0, 0.05) is 11.3 Å². The first-order chi connectivity index (χ1) is 14.4. The van der Waals surface area contributed by atoms with Crippen molar-refractivity contribution in [1.82, 2.24) is 0 Å². The van der Waals surface area contributed by atoms with E-state index in [0.717, 1.165) is 23.2 Å². The molecule has 1 saturated heterocycles. The van der Waals surface area contributed by atoms with E-state index < -0.39 is 0 Å². The zero-order chi connectivity index (χ0) is 21.2. The van der Waals surface area contributed by atoms with E-state index in [-0.39, 0.29) is 41.4 Å². The van der Waals surface area contributed by atoms with Gasteiger partial charge < -0.3 is 5.32 Å². The number of anilines is 2. The maximum Gasteiger partial charge on any atom is 0.255 e. The van der Waals surface area contributed by atoms with Gasteiger partial charge in [-0.3, -0.25) is 14.4 Å². The van der Waals surface area contributed by atoms with Crippen LogP contribution in [-0.4, -0.2) is 17.7 Å². The molecule has 2 aromatic carbocycles. The second-order valence-corrected chi connectivity index (χ2v) is 8.73. The predicted octanol–water partition coefficient (Wildman–Crippen LogP) is 4.26. The van der Waals surface area contributed by atoms with Crippen LogP contribution in [0, 0.1) is 37.5 Å². The van der Waals surface area contributed by atoms with Crippen LogP contribution >= 0.6 is 0 Å². The minimum Gasteiger partial charge on any atom is -0.322 e. The van der Waals surface area contributed by atoms with E-state index >= 15 is 0 Å². The monoisotopic (exact) mass is 400 g/mol. The van der Waals surface area contributed by atoms with E-state index in [9.17, 15) is 14.4 Å². The molecule has 0 aromatic heterocycles. The molecule has 2 aliphatic carbocycles. The second kappa shape index (κ2) is 6.66. The number of carbonyl (C=O) groups excluding carboxylic acids is 3. The molecule has 30 heavy (non-hydrogen) atoms. The van der Waals surface area contributed by atoms with Crippen molar-refractivity contribution in [1.29, 1.82) is 0 Å². The first-order valence-electron chi connectivity index (χ1n) is 10.4. The van der Waals surface area contributed by atoms with Gasteiger partial charge in [-0.25, -0.2) is 4.90 Å². The Hall–Kier alpha value is -3.21. The SMILES string of the molecule is CC1=C[C@H]2C[C@H]1[C@H]1C(=O)N(c3cccc(C(=O)Nc4cccc(C)c4C)c3)C(=O)[C@@H]12. The first kappa shape index (κ1) is 18.8. The Morgan fingerprint density at radius 1 is 1.00 bits per heavy atom. The molecule has 1 aliphatic heterocycles. The van der Waals surface area contributed by atoms with E-state index in [1.54, 1.807) is 24.3 Å². The summed E-state index contributed by atoms with van der Waals surface area (Å²) in [7, 11) is 0. The van der Waals surface area contributed by atoms with Gasteiger partial charge in [0.2, 0.25) is 11.8 Å². The van der Waals surface area contributed by atoms with Gasteiger partial charge in [-0.1, -0.05) is 29.8 Å². The average Bonchev–Trinajstić information content (AvgIpc) is 3.36. The smallest absolute Gasteiger partial charge is 0.255 e. The summed E-state index contributed by atoms with van der Waals surface area (Å²) in [5.41, 5.74) is 4.99. The van der Waals surface area contributed by atoms with Gasteiger partial charge in [0.05, 0.1) is 17.5 Å². The molecule has 2 fully saturated rings. The molecule has 0 unspecified atom stereocenters. The van der Waals surface area contributed by atoms with Gasteiger partial charge in [0.25, 0.3) is 5.91 Å². The van der Waals surface area contributed by atoms with Gasteiger partial charge in [0.1, 0.15) is 0 Å². The number of allylic oxidation sites excluding steroid dienone is 2. The minimum absolute atomic E-state index is 0.128. The van der Waals surface area contributed by atoms with Crippen LogP contribution < -0.4 is 10.2 Å². The molecule has 1 N–H and O–H groups in total. The van der Waals surface area contributed by atoms with Gasteiger partial charge in [-0.05, 0) is 74.4 Å². The number of amides is 3. The number of imide groups is 1. The van der Waals surface area contributed by atoms with E-state index in [4.69, 9.17) is 0 Å². The third-order valence-electron chi connectivity index (χ3n) is 7.10. The maximum atomic E-state index is 13.2. The average molecular weight is 400 g/mol. The standard InChI is InChI=1S/C25H24N2O3/c1-13-6-4-9-20(15(13)3)26-23(28)16-7-5-8-18(11-16)27-24(29)21-17-10-14(2)19(12-17)22(21)25(27)30/h4-11,17,19,21-22H,12H2,1-3H3,(H,26,28)/t17-,19+,21+,22+/m0/s1. The fraction of sp³-hybridized carbons (Fsp3) is 0.320. The highest BCUT2D eigenvalue weighted by atomic mass is 16.2. The molecule has 5 rings (SSSR count). The maximum absolute atomic E-state index is 13.2. The molecule has 2 aromatic rings. The molecule has 0 radical (unpaired) electrons. The summed E-state index contributed by atoms with van der Waals surface area (Å²) >= 11 is 0. The summed E-state index contributed by atoms with van der Waals surface area (Å²) in [6.07, 6.45) is 3.07. The Morgan fingerprint density at radius 3 is 2.53 bits per heavy atom. The first-order valence-corrected chi connectivity index (χ1v) is 10.4. The Balaban J connectivity index is 1.42. The molecule has 1 saturated carbocycles. The van der Waals surface area contributed by atoms with Crippen molar-refractivity contribution < 1.29 is 14.4 Å². The van der Waals surface area contributed by atoms with Crippen molar-refractivity contribution in [3.63, 3.8) is 0 Å². The highest BCUT2D eigenvalue weighted by molar-refractivity contribution is 6.23. The number of carbonyl (C=O) groups is 3. The normalized spacial score (nSPS) is 26.8. The van der Waals surface area contributed by atoms with E-state index in [0.29, 0.717) is 11.3 Å². The summed E-state index contributed by atoms with van der Waals surface area (Å²) in [5, 5.41) is 2.94. The zero-order valence-corrected chi connectivity index (χ0v) is 17.3. The fourth-order valence-electron chi connectivity index (χ4n) is 5.40. The summed E-state index contributed by atoms with van der Waals surface area (Å²) in [4.78, 5) is 40.4. The van der Waals surface area contributed by atoms with E-state index in [2.05, 4.69) is 18.3 Å². The number of nitrogens with zero attached hydrogens (tertiary/aromatic N) is 1. The summed E-state index contributed by atoms with van der Waals surface area (Å²) in [5.74, 6) is -0.680. The lowest BCUT2D eigenvalue weighted by molar-refractivity contribution is -0.123. The number of hydrogen-bond acceptors (Lipinski definition) is 3. The lowest BCUT2D eigenvalue weighted by atomic mass is 9.82. The molecular formula is C25H24N2O3. The molecular weight excluding hydrogens is 376 g/mol. The van der Waals surface area contributed by atoms with Gasteiger partial charge in [-0.2, -0.15) is 0 Å². The van der Waals surface area contributed by atoms with Crippen molar-refractivity contribution in [3.05, 3.63) is 70.8 Å². The number of hydrogen-bond donors (Lipinski definition) is 1. The lowest BCUT2D eigenvalue weighted by Crippen LogP contribution is -2.33. The van der Waals surface area contributed by atoms with Gasteiger partial charge >= 0.3 is 0 Å². The molecule has 3 aliphatic rings. The topological polar surface area (TPSA) is 66.5 Å². The van der Waals surface area contributed by atoms with Crippen molar-refractivity contribution in [2.24, 2.45) is 23.7 Å². The summed E-state index contributed by atoms with van der Waals surface area (Å²) in [6.45, 7) is 6.02. The molecule has 5 nitrogen and oxygen atoms in total. The Labute approximate surface area is 175 Å². The zero-order valence-electron chi connectivity index (χ0n) is 17.3. The molecule has 1 heterocycles. The Morgan fingerprint density at radius 2 is 1.73 bits per heavy atom. The van der Waals surface area contributed by atoms with Crippen LogP contribution in [0.1, 0.15) is 34.8 Å². The quantitative estimate of drug-likeness (QED) is 0.618. The number of aryl methyl sites for hydroxylation is 1. The van der Waals surface area contributed by atoms with Crippen molar-refractivity contribution >= 4 is 29.1 Å². The van der Waals surface area contributed by atoms with Crippen molar-refractivity contribution in [2.75, 3.05) is 10.2 Å². The molecule has 152 valence electrons. The number of rotatable bonds is 3. The number of fused-ring (bicyclic) bond motifs is 5. The molecule has 3 amide bonds. The van der Waals surface area contributed by atoms with E-state index in [1.165, 1.54) is 10.5 Å². The summed E-state index contributed by atoms with van der Waals surface area (Å²) < 4.78 is 0. The van der Waals surface area contributed by atoms with Crippen LogP contribution in [0.5, 0.6) is 0 Å². The van der Waals surface area contributed by atoms with Crippen molar-refractivity contribution in [3.8, 4) is 0 Å². The Bertz CT molecular complexity index is 1130. The Kier molecular flexibility index (Phi) is 4.17. The highest BCUT2D eigenvalue weighted by Crippen LogP contribution is 2.55. The van der Waals surface area contributed by atoms with Crippen LogP contribution in [0.15, 0.2) is 54.1 Å². The van der Waals surface area contributed by atoms with Crippen LogP contribution in [0.4, 0.5) is 11.4 Å². The highest BCUT2D eigenvalue weighted by Gasteiger charge is 2.60. The number of nitrogens with one attached hydrogen (secondary N) is 1. The van der Waals surface area contributed by atoms with Crippen LogP contribution in [0.3, 0.4) is 0 Å². The molecule has 0 spiro atoms. The van der Waals surface area contributed by atoms with Gasteiger partial charge in [-0.15, -0.1) is 0 Å². The van der Waals surface area contributed by atoms with Crippen molar-refractivity contribution in [2.45, 2.75) is 27.2 Å². The largest absolute Gasteiger partial charge is 0.322 e. The van der Waals surface area contributed by atoms with Gasteiger partial charge in [0.15, 0.2) is 0 Å². The van der Waals surface area contributed by atoms with Crippen LogP contribution in [0.25, 0.3) is 0 Å². The van der Waals surface area contributed by atoms with Crippen LogP contribution in [-0.2, 0) is 9.59 Å². The molecule has 4 atom stereocenters. The second-order valence-electron chi connectivity index (χ2n) is 8.73. The third kappa shape index (κ3) is 2.65. The lowest BCUT2D eigenvalue weighted by Gasteiger charge is -2.19. The van der Waals surface area contributed by atoms with E-state index in [1.807, 2.05) is 32.0 Å². The number of benzene rings is 2. The molecule has 5 heteroatoms. The summed E-state index contributed by atoms with van der Waals surface area (Å²) in [6, 6.07) is 12.6. The predicted molar refractivity (Wildman–Crippen MR) is 115 cm³/mol. The van der Waals surface area contributed by atoms with Crippen LogP contribution in [0.2, 0.25) is 0 Å². The molecule has 2 bridgehead atoms. The third-order valence-corrected chi connectivity index (χ3v) is 7.10. The fourth-order valence-corrected chi connectivity index (χ4v) is 5.40.